The average Bonchev–Trinajstić information content (AvgIpc) is 2.78. The molecule has 0 aromatic heterocycles. The van der Waals surface area contributed by atoms with Crippen LogP contribution in [0.2, 0.25) is 0 Å². The highest BCUT2D eigenvalue weighted by atomic mass is 19.4. The van der Waals surface area contributed by atoms with E-state index in [1.54, 1.807) is 6.07 Å². The molecule has 0 bridgehead atoms. The normalized spacial score (nSPS) is 12.0. The maximum atomic E-state index is 13.8. The Balaban J connectivity index is 2.23. The van der Waals surface area contributed by atoms with Gasteiger partial charge in [0.2, 0.25) is 0 Å². The summed E-state index contributed by atoms with van der Waals surface area (Å²) in [5.41, 5.74) is 15.2. The summed E-state index contributed by atoms with van der Waals surface area (Å²) < 4.78 is 41.3. The predicted octanol–water partition coefficient (Wildman–Crippen LogP) is 6.56. The zero-order valence-electron chi connectivity index (χ0n) is 17.5. The monoisotopic (exact) mass is 432 g/mol. The molecule has 32 heavy (non-hydrogen) atoms. The van der Waals surface area contributed by atoms with Gasteiger partial charge in [-0.3, -0.25) is 0 Å². The molecule has 0 aliphatic carbocycles. The molecule has 0 heterocycles. The highest BCUT2D eigenvalue weighted by molar-refractivity contribution is 5.72. The van der Waals surface area contributed by atoms with E-state index in [2.05, 4.69) is 0 Å². The lowest BCUT2D eigenvalue weighted by Gasteiger charge is -2.38. The number of rotatable bonds is 4. The Morgan fingerprint density at radius 3 is 1.53 bits per heavy atom. The fraction of sp³-hybridized carbons (Fsp3) is 0.111. The van der Waals surface area contributed by atoms with Crippen LogP contribution < -0.4 is 11.5 Å². The Labute approximate surface area is 185 Å². The van der Waals surface area contributed by atoms with Crippen molar-refractivity contribution in [1.29, 1.82) is 0 Å². The van der Waals surface area contributed by atoms with Gasteiger partial charge in [0.25, 0.3) is 0 Å². The molecule has 0 fully saturated rings. The van der Waals surface area contributed by atoms with Crippen LogP contribution in [0, 0.1) is 6.92 Å². The first-order chi connectivity index (χ1) is 15.2. The molecule has 0 unspecified atom stereocenters. The number of anilines is 2. The number of alkyl halides is 3. The summed E-state index contributed by atoms with van der Waals surface area (Å²) in [5, 5.41) is 0. The van der Waals surface area contributed by atoms with Crippen molar-refractivity contribution in [2.45, 2.75) is 18.5 Å². The highest BCUT2D eigenvalue weighted by Gasteiger charge is 2.43. The van der Waals surface area contributed by atoms with Gasteiger partial charge in [-0.15, -0.1) is 0 Å². The summed E-state index contributed by atoms with van der Waals surface area (Å²) in [5.74, 6) is 0. The van der Waals surface area contributed by atoms with E-state index in [4.69, 9.17) is 11.5 Å². The molecule has 2 nitrogen and oxygen atoms in total. The lowest BCUT2D eigenvalue weighted by atomic mass is 9.63. The quantitative estimate of drug-likeness (QED) is 0.283. The SMILES string of the molecule is Cc1ccc(N)c(C(c2ccccc2)(c2ccccc2)c2cc(C(F)(F)F)ccc2N)c1. The predicted molar refractivity (Wildman–Crippen MR) is 123 cm³/mol. The van der Waals surface area contributed by atoms with E-state index in [-0.39, 0.29) is 5.69 Å². The largest absolute Gasteiger partial charge is 0.416 e. The number of hydrogen-bond acceptors (Lipinski definition) is 2. The molecule has 4 rings (SSSR count). The van der Waals surface area contributed by atoms with Crippen LogP contribution in [0.3, 0.4) is 0 Å². The van der Waals surface area contributed by atoms with Crippen molar-refractivity contribution in [3.05, 3.63) is 130 Å². The maximum absolute atomic E-state index is 13.8. The first-order valence-corrected chi connectivity index (χ1v) is 10.2. The van der Waals surface area contributed by atoms with Crippen molar-refractivity contribution in [2.24, 2.45) is 0 Å². The van der Waals surface area contributed by atoms with E-state index >= 15 is 0 Å². The molecule has 0 aliphatic rings. The Morgan fingerprint density at radius 1 is 0.562 bits per heavy atom. The van der Waals surface area contributed by atoms with Gasteiger partial charge < -0.3 is 11.5 Å². The molecule has 0 aliphatic heterocycles. The minimum Gasteiger partial charge on any atom is -0.398 e. The van der Waals surface area contributed by atoms with E-state index in [9.17, 15) is 13.2 Å². The molecule has 4 aromatic rings. The molecule has 0 amide bonds. The van der Waals surface area contributed by atoms with Gasteiger partial charge in [0.15, 0.2) is 0 Å². The fourth-order valence-electron chi connectivity index (χ4n) is 4.36. The molecule has 0 saturated carbocycles. The fourth-order valence-corrected chi connectivity index (χ4v) is 4.36. The molecule has 0 saturated heterocycles. The van der Waals surface area contributed by atoms with Gasteiger partial charge in [0.1, 0.15) is 0 Å². The molecule has 4 aromatic carbocycles. The Hall–Kier alpha value is -3.73. The van der Waals surface area contributed by atoms with Crippen molar-refractivity contribution >= 4 is 11.4 Å². The van der Waals surface area contributed by atoms with Crippen LogP contribution in [0.25, 0.3) is 0 Å². The summed E-state index contributed by atoms with van der Waals surface area (Å²) in [7, 11) is 0. The number of aryl methyl sites for hydroxylation is 1. The lowest BCUT2D eigenvalue weighted by molar-refractivity contribution is -0.137. The van der Waals surface area contributed by atoms with Gasteiger partial charge in [-0.1, -0.05) is 78.4 Å². The number of halogens is 3. The summed E-state index contributed by atoms with van der Waals surface area (Å²) >= 11 is 0. The van der Waals surface area contributed by atoms with E-state index in [0.29, 0.717) is 16.8 Å². The zero-order chi connectivity index (χ0) is 22.9. The Bertz CT molecular complexity index is 1190. The third-order valence-electron chi connectivity index (χ3n) is 5.81. The minimum atomic E-state index is -4.51. The van der Waals surface area contributed by atoms with Crippen LogP contribution in [0.4, 0.5) is 24.5 Å². The molecule has 0 spiro atoms. The second-order valence-electron chi connectivity index (χ2n) is 7.87. The number of benzene rings is 4. The third kappa shape index (κ3) is 3.60. The summed E-state index contributed by atoms with van der Waals surface area (Å²) in [6.07, 6.45) is -4.51. The van der Waals surface area contributed by atoms with Gasteiger partial charge in [-0.2, -0.15) is 13.2 Å². The van der Waals surface area contributed by atoms with Crippen molar-refractivity contribution in [3.8, 4) is 0 Å². The molecule has 162 valence electrons. The standard InChI is InChI=1S/C27H23F3N2/c1-18-12-14-24(31)22(16-18)26(19-8-4-2-5-9-19,20-10-6-3-7-11-20)23-17-21(27(28,29)30)13-15-25(23)32/h2-17H,31-32H2,1H3. The number of nitrogens with two attached hydrogens (primary N) is 2. The van der Waals surface area contributed by atoms with E-state index < -0.39 is 17.2 Å². The van der Waals surface area contributed by atoms with Crippen LogP contribution in [-0.2, 0) is 11.6 Å². The van der Waals surface area contributed by atoms with E-state index in [1.807, 2.05) is 79.7 Å². The molecule has 0 atom stereocenters. The van der Waals surface area contributed by atoms with Gasteiger partial charge in [0, 0.05) is 11.4 Å². The van der Waals surface area contributed by atoms with E-state index in [0.717, 1.165) is 28.8 Å². The molecular weight excluding hydrogens is 409 g/mol. The van der Waals surface area contributed by atoms with E-state index in [1.165, 1.54) is 6.07 Å². The molecule has 5 heteroatoms. The zero-order valence-corrected chi connectivity index (χ0v) is 17.5. The third-order valence-corrected chi connectivity index (χ3v) is 5.81. The minimum absolute atomic E-state index is 0.256. The first-order valence-electron chi connectivity index (χ1n) is 10.2. The molecule has 4 N–H and O–H groups in total. The summed E-state index contributed by atoms with van der Waals surface area (Å²) in [4.78, 5) is 0. The summed E-state index contributed by atoms with van der Waals surface area (Å²) in [6, 6.07) is 27.9. The van der Waals surface area contributed by atoms with Crippen LogP contribution in [0.1, 0.15) is 33.4 Å². The topological polar surface area (TPSA) is 52.0 Å². The van der Waals surface area contributed by atoms with Crippen molar-refractivity contribution < 1.29 is 13.2 Å². The first kappa shape index (κ1) is 21.5. The second-order valence-corrected chi connectivity index (χ2v) is 7.87. The van der Waals surface area contributed by atoms with Crippen molar-refractivity contribution in [1.82, 2.24) is 0 Å². The average molecular weight is 432 g/mol. The molecule has 0 radical (unpaired) electrons. The van der Waals surface area contributed by atoms with Crippen molar-refractivity contribution in [3.63, 3.8) is 0 Å². The van der Waals surface area contributed by atoms with Gasteiger partial charge >= 0.3 is 6.18 Å². The maximum Gasteiger partial charge on any atom is 0.416 e. The Morgan fingerprint density at radius 2 is 1.03 bits per heavy atom. The van der Waals surface area contributed by atoms with Crippen LogP contribution in [0.5, 0.6) is 0 Å². The van der Waals surface area contributed by atoms with Gasteiger partial charge in [-0.05, 0) is 53.4 Å². The lowest BCUT2D eigenvalue weighted by Crippen LogP contribution is -2.33. The van der Waals surface area contributed by atoms with Crippen LogP contribution >= 0.6 is 0 Å². The van der Waals surface area contributed by atoms with Crippen molar-refractivity contribution in [2.75, 3.05) is 11.5 Å². The number of hydrogen-bond donors (Lipinski definition) is 2. The molecular formula is C27H23F3N2. The second kappa shape index (κ2) is 8.08. The summed E-state index contributed by atoms with van der Waals surface area (Å²) in [6.45, 7) is 1.93. The van der Waals surface area contributed by atoms with Crippen LogP contribution in [-0.4, -0.2) is 0 Å². The Kier molecular flexibility index (Phi) is 5.43. The number of nitrogen functional groups attached to an aromatic ring is 2. The van der Waals surface area contributed by atoms with Gasteiger partial charge in [0.05, 0.1) is 11.0 Å². The van der Waals surface area contributed by atoms with Crippen LogP contribution in [0.15, 0.2) is 97.1 Å². The smallest absolute Gasteiger partial charge is 0.398 e. The highest BCUT2D eigenvalue weighted by Crippen LogP contribution is 2.50. The van der Waals surface area contributed by atoms with Gasteiger partial charge in [-0.25, -0.2) is 0 Å².